The smallest absolute Gasteiger partial charge is 0.326 e. The molecule has 0 radical (unpaired) electrons. The molecule has 2 unspecified atom stereocenters. The first-order valence-corrected chi connectivity index (χ1v) is 6.82. The van der Waals surface area contributed by atoms with Crippen molar-refractivity contribution in [1.82, 2.24) is 10.6 Å². The van der Waals surface area contributed by atoms with E-state index in [4.69, 9.17) is 10.8 Å². The van der Waals surface area contributed by atoms with Crippen LogP contribution in [0.1, 0.15) is 13.3 Å². The fourth-order valence-corrected chi connectivity index (χ4v) is 1.54. The van der Waals surface area contributed by atoms with E-state index in [1.807, 2.05) is 6.26 Å². The molecular weight excluding hydrogens is 258 g/mol. The van der Waals surface area contributed by atoms with Crippen molar-refractivity contribution in [3.63, 3.8) is 0 Å². The Kier molecular flexibility index (Phi) is 8.14. The Morgan fingerprint density at radius 3 is 2.44 bits per heavy atom. The summed E-state index contributed by atoms with van der Waals surface area (Å²) in [6, 6.07) is -1.64. The SMILES string of the molecule is CSCCC(NC(=O)CNC(=O)C(C)N)C(=O)O. The van der Waals surface area contributed by atoms with Crippen LogP contribution in [0.25, 0.3) is 0 Å². The van der Waals surface area contributed by atoms with Gasteiger partial charge in [-0.25, -0.2) is 4.79 Å². The van der Waals surface area contributed by atoms with E-state index in [1.54, 1.807) is 0 Å². The van der Waals surface area contributed by atoms with Gasteiger partial charge in [0.2, 0.25) is 11.8 Å². The number of hydrogen-bond donors (Lipinski definition) is 4. The summed E-state index contributed by atoms with van der Waals surface area (Å²) in [6.07, 6.45) is 2.19. The number of carboxylic acid groups (broad SMARTS) is 1. The second kappa shape index (κ2) is 8.76. The highest BCUT2D eigenvalue weighted by Crippen LogP contribution is 2.00. The van der Waals surface area contributed by atoms with Crippen molar-refractivity contribution in [3.8, 4) is 0 Å². The van der Waals surface area contributed by atoms with E-state index in [0.717, 1.165) is 0 Å². The molecule has 0 spiro atoms. The van der Waals surface area contributed by atoms with E-state index >= 15 is 0 Å². The van der Waals surface area contributed by atoms with Gasteiger partial charge in [0.05, 0.1) is 12.6 Å². The third-order valence-electron chi connectivity index (χ3n) is 2.08. The zero-order chi connectivity index (χ0) is 14.1. The zero-order valence-electron chi connectivity index (χ0n) is 10.4. The number of nitrogens with one attached hydrogen (secondary N) is 2. The minimum Gasteiger partial charge on any atom is -0.480 e. The molecular formula is C10H19N3O4S. The van der Waals surface area contributed by atoms with Crippen LogP contribution in [0.4, 0.5) is 0 Å². The van der Waals surface area contributed by atoms with Gasteiger partial charge in [-0.3, -0.25) is 9.59 Å². The second-order valence-corrected chi connectivity index (χ2v) is 4.73. The molecule has 0 saturated heterocycles. The fraction of sp³-hybridized carbons (Fsp3) is 0.700. The molecule has 0 aliphatic rings. The number of carboxylic acids is 1. The molecule has 18 heavy (non-hydrogen) atoms. The molecule has 8 heteroatoms. The number of carbonyl (C=O) groups excluding carboxylic acids is 2. The van der Waals surface area contributed by atoms with Crippen molar-refractivity contribution in [1.29, 1.82) is 0 Å². The van der Waals surface area contributed by atoms with Crippen molar-refractivity contribution in [2.45, 2.75) is 25.4 Å². The van der Waals surface area contributed by atoms with E-state index in [-0.39, 0.29) is 6.54 Å². The molecule has 0 aromatic rings. The molecule has 0 saturated carbocycles. The first kappa shape index (κ1) is 16.7. The Morgan fingerprint density at radius 1 is 1.39 bits per heavy atom. The Morgan fingerprint density at radius 2 is 2.00 bits per heavy atom. The molecule has 7 nitrogen and oxygen atoms in total. The highest BCUT2D eigenvalue weighted by Gasteiger charge is 2.19. The molecule has 104 valence electrons. The normalized spacial score (nSPS) is 13.5. The van der Waals surface area contributed by atoms with Crippen molar-refractivity contribution in [2.75, 3.05) is 18.6 Å². The Hall–Kier alpha value is -1.28. The first-order chi connectivity index (χ1) is 8.38. The van der Waals surface area contributed by atoms with Gasteiger partial charge in [-0.2, -0.15) is 11.8 Å². The maximum absolute atomic E-state index is 11.4. The molecule has 0 aromatic carbocycles. The molecule has 0 aromatic heterocycles. The van der Waals surface area contributed by atoms with Crippen LogP contribution >= 0.6 is 11.8 Å². The summed E-state index contributed by atoms with van der Waals surface area (Å²) in [5.41, 5.74) is 5.30. The van der Waals surface area contributed by atoms with Crippen molar-refractivity contribution in [3.05, 3.63) is 0 Å². The molecule has 2 amide bonds. The topological polar surface area (TPSA) is 122 Å². The average molecular weight is 277 g/mol. The van der Waals surface area contributed by atoms with Crippen LogP contribution in [0.5, 0.6) is 0 Å². The fourth-order valence-electron chi connectivity index (χ4n) is 1.07. The minimum absolute atomic E-state index is 0.274. The lowest BCUT2D eigenvalue weighted by atomic mass is 10.2. The molecule has 0 aliphatic heterocycles. The second-order valence-electron chi connectivity index (χ2n) is 3.75. The molecule has 5 N–H and O–H groups in total. The number of amides is 2. The summed E-state index contributed by atoms with van der Waals surface area (Å²) in [5.74, 6) is -1.46. The Labute approximate surface area is 110 Å². The van der Waals surface area contributed by atoms with Crippen molar-refractivity contribution in [2.24, 2.45) is 5.73 Å². The predicted molar refractivity (Wildman–Crippen MR) is 69.2 cm³/mol. The van der Waals surface area contributed by atoms with Gasteiger partial charge in [0.25, 0.3) is 0 Å². The number of rotatable bonds is 8. The van der Waals surface area contributed by atoms with E-state index in [9.17, 15) is 14.4 Å². The van der Waals surface area contributed by atoms with Crippen LogP contribution in [0.3, 0.4) is 0 Å². The van der Waals surface area contributed by atoms with Crippen LogP contribution in [0, 0.1) is 0 Å². The maximum Gasteiger partial charge on any atom is 0.326 e. The average Bonchev–Trinajstić information content (AvgIpc) is 2.30. The summed E-state index contributed by atoms with van der Waals surface area (Å²) in [5, 5.41) is 13.5. The number of thioether (sulfide) groups is 1. The van der Waals surface area contributed by atoms with Crippen LogP contribution in [-0.4, -0.2) is 53.5 Å². The van der Waals surface area contributed by atoms with Gasteiger partial charge >= 0.3 is 5.97 Å². The monoisotopic (exact) mass is 277 g/mol. The summed E-state index contributed by atoms with van der Waals surface area (Å²) in [7, 11) is 0. The van der Waals surface area contributed by atoms with Gasteiger partial charge in [0, 0.05) is 0 Å². The van der Waals surface area contributed by atoms with Gasteiger partial charge in [0.15, 0.2) is 0 Å². The lowest BCUT2D eigenvalue weighted by molar-refractivity contribution is -0.141. The maximum atomic E-state index is 11.4. The third-order valence-corrected chi connectivity index (χ3v) is 2.72. The summed E-state index contributed by atoms with van der Waals surface area (Å²) in [4.78, 5) is 33.4. The lowest BCUT2D eigenvalue weighted by Crippen LogP contribution is -2.48. The lowest BCUT2D eigenvalue weighted by Gasteiger charge is -2.14. The summed E-state index contributed by atoms with van der Waals surface area (Å²) < 4.78 is 0. The first-order valence-electron chi connectivity index (χ1n) is 5.42. The quantitative estimate of drug-likeness (QED) is 0.441. The summed E-state index contributed by atoms with van der Waals surface area (Å²) in [6.45, 7) is 1.22. The largest absolute Gasteiger partial charge is 0.480 e. The van der Waals surface area contributed by atoms with E-state index in [0.29, 0.717) is 12.2 Å². The van der Waals surface area contributed by atoms with Crippen molar-refractivity contribution < 1.29 is 19.5 Å². The molecule has 0 fully saturated rings. The van der Waals surface area contributed by atoms with E-state index < -0.39 is 29.9 Å². The van der Waals surface area contributed by atoms with Gasteiger partial charge < -0.3 is 21.5 Å². The van der Waals surface area contributed by atoms with E-state index in [1.165, 1.54) is 18.7 Å². The summed E-state index contributed by atoms with van der Waals surface area (Å²) >= 11 is 1.50. The van der Waals surface area contributed by atoms with Gasteiger partial charge in [-0.05, 0) is 25.4 Å². The predicted octanol–water partition coefficient (Wildman–Crippen LogP) is -1.23. The highest BCUT2D eigenvalue weighted by molar-refractivity contribution is 7.98. The number of nitrogens with two attached hydrogens (primary N) is 1. The molecule has 0 bridgehead atoms. The highest BCUT2D eigenvalue weighted by atomic mass is 32.2. The molecule has 0 rings (SSSR count). The van der Waals surface area contributed by atoms with Crippen LogP contribution in [-0.2, 0) is 14.4 Å². The number of carbonyl (C=O) groups is 3. The molecule has 0 heterocycles. The number of hydrogen-bond acceptors (Lipinski definition) is 5. The minimum atomic E-state index is -1.09. The van der Waals surface area contributed by atoms with Gasteiger partial charge in [-0.1, -0.05) is 0 Å². The zero-order valence-corrected chi connectivity index (χ0v) is 11.3. The Balaban J connectivity index is 4.10. The number of aliphatic carboxylic acids is 1. The van der Waals surface area contributed by atoms with Gasteiger partial charge in [-0.15, -0.1) is 0 Å². The van der Waals surface area contributed by atoms with Gasteiger partial charge in [0.1, 0.15) is 6.04 Å². The van der Waals surface area contributed by atoms with E-state index in [2.05, 4.69) is 10.6 Å². The van der Waals surface area contributed by atoms with Crippen LogP contribution < -0.4 is 16.4 Å². The molecule has 2 atom stereocenters. The standard InChI is InChI=1S/C10H19N3O4S/c1-6(11)9(15)12-5-8(14)13-7(10(16)17)3-4-18-2/h6-7H,3-5,11H2,1-2H3,(H,12,15)(H,13,14)(H,16,17). The van der Waals surface area contributed by atoms with Crippen LogP contribution in [0.2, 0.25) is 0 Å². The van der Waals surface area contributed by atoms with Crippen LogP contribution in [0.15, 0.2) is 0 Å². The Bertz CT molecular complexity index is 309. The third kappa shape index (κ3) is 7.13. The molecule has 0 aliphatic carbocycles. The van der Waals surface area contributed by atoms with Crippen molar-refractivity contribution >= 4 is 29.5 Å².